The van der Waals surface area contributed by atoms with E-state index in [0.717, 1.165) is 5.57 Å². The van der Waals surface area contributed by atoms with Crippen LogP contribution in [0.1, 0.15) is 0 Å². The molecule has 0 heterocycles. The zero-order valence-electron chi connectivity index (χ0n) is 4.64. The molecule has 0 aliphatic heterocycles. The molecular formula is C7H6O. The minimum atomic E-state index is 0.868. The fourth-order valence-electron chi connectivity index (χ4n) is 0.504. The molecule has 0 N–H and O–H groups in total. The van der Waals surface area contributed by atoms with Crippen molar-refractivity contribution in [1.82, 2.24) is 0 Å². The zero-order valence-corrected chi connectivity index (χ0v) is 4.64. The van der Waals surface area contributed by atoms with Crippen LogP contribution in [0.25, 0.3) is 0 Å². The lowest BCUT2D eigenvalue weighted by Crippen LogP contribution is -1.78. The Kier molecular flexibility index (Phi) is 1.68. The average molecular weight is 106 g/mol. The van der Waals surface area contributed by atoms with Crippen LogP contribution >= 0.6 is 0 Å². The summed E-state index contributed by atoms with van der Waals surface area (Å²) >= 11 is 0. The lowest BCUT2D eigenvalue weighted by atomic mass is 10.3. The molecule has 1 aliphatic carbocycles. The summed E-state index contributed by atoms with van der Waals surface area (Å²) in [7, 11) is 1.57. The van der Waals surface area contributed by atoms with Crippen molar-refractivity contribution in [1.29, 1.82) is 0 Å². The fourth-order valence-corrected chi connectivity index (χ4v) is 0.504. The number of rotatable bonds is 2. The lowest BCUT2D eigenvalue weighted by molar-refractivity contribution is 0.292. The maximum atomic E-state index is 4.60. The summed E-state index contributed by atoms with van der Waals surface area (Å²) < 4.78 is 4.60. The number of hydrogen-bond acceptors (Lipinski definition) is 1. The number of methoxy groups -OCH3 is 1. The van der Waals surface area contributed by atoms with Crippen LogP contribution in [0, 0.1) is 6.61 Å². The first-order chi connectivity index (χ1) is 3.93. The Labute approximate surface area is 49.0 Å². The zero-order chi connectivity index (χ0) is 5.82. The molecule has 1 aliphatic rings. The largest absolute Gasteiger partial charge is 0.366 e. The van der Waals surface area contributed by atoms with Crippen LogP contribution in [-0.2, 0) is 4.74 Å². The van der Waals surface area contributed by atoms with Crippen molar-refractivity contribution in [3.05, 3.63) is 36.1 Å². The highest BCUT2D eigenvalue weighted by Crippen LogP contribution is 2.04. The van der Waals surface area contributed by atoms with E-state index in [-0.39, 0.29) is 0 Å². The summed E-state index contributed by atoms with van der Waals surface area (Å²) in [6.45, 7) is 2.63. The summed E-state index contributed by atoms with van der Waals surface area (Å²) in [4.78, 5) is 0. The predicted molar refractivity (Wildman–Crippen MR) is 31.0 cm³/mol. The minimum absolute atomic E-state index is 0.868. The highest BCUT2D eigenvalue weighted by atomic mass is 16.5. The molecule has 0 aromatic rings. The third-order valence-corrected chi connectivity index (χ3v) is 0.810. The highest BCUT2D eigenvalue weighted by Gasteiger charge is 1.92. The molecule has 0 atom stereocenters. The van der Waals surface area contributed by atoms with Crippen molar-refractivity contribution in [3.63, 3.8) is 0 Å². The second-order valence-electron chi connectivity index (χ2n) is 1.39. The summed E-state index contributed by atoms with van der Waals surface area (Å²) in [5, 5.41) is 0. The monoisotopic (exact) mass is 106 g/mol. The van der Waals surface area contributed by atoms with E-state index in [4.69, 9.17) is 0 Å². The van der Waals surface area contributed by atoms with Gasteiger partial charge in [-0.2, -0.15) is 0 Å². The van der Waals surface area contributed by atoms with Crippen molar-refractivity contribution >= 4 is 0 Å². The number of allylic oxidation sites excluding steroid dienone is 1. The van der Waals surface area contributed by atoms with Crippen molar-refractivity contribution in [2.24, 2.45) is 0 Å². The minimum Gasteiger partial charge on any atom is -0.366 e. The number of ether oxygens (including phenoxy) is 1. The smallest absolute Gasteiger partial charge is 0.174 e. The van der Waals surface area contributed by atoms with Gasteiger partial charge in [-0.1, -0.05) is 6.08 Å². The molecule has 0 saturated carbocycles. The topological polar surface area (TPSA) is 9.23 Å². The van der Waals surface area contributed by atoms with Gasteiger partial charge in [0.25, 0.3) is 0 Å². The Hall–Kier alpha value is -0.780. The van der Waals surface area contributed by atoms with Gasteiger partial charge in [-0.15, -0.1) is 5.73 Å². The first kappa shape index (κ1) is 5.36. The van der Waals surface area contributed by atoms with Crippen LogP contribution in [0.15, 0.2) is 29.5 Å². The Bertz CT molecular complexity index is 159. The maximum absolute atomic E-state index is 4.60. The van der Waals surface area contributed by atoms with Crippen LogP contribution in [0.4, 0.5) is 0 Å². The van der Waals surface area contributed by atoms with Gasteiger partial charge in [-0.25, -0.2) is 0 Å². The molecule has 0 bridgehead atoms. The van der Waals surface area contributed by atoms with Gasteiger partial charge in [-0.05, 0) is 12.2 Å². The molecule has 0 aromatic heterocycles. The van der Waals surface area contributed by atoms with Gasteiger partial charge >= 0.3 is 0 Å². The van der Waals surface area contributed by atoms with E-state index < -0.39 is 0 Å². The average Bonchev–Trinajstić information content (AvgIpc) is 2.19. The van der Waals surface area contributed by atoms with Crippen molar-refractivity contribution in [2.75, 3.05) is 7.11 Å². The van der Waals surface area contributed by atoms with Gasteiger partial charge in [0.2, 0.25) is 0 Å². The van der Waals surface area contributed by atoms with Crippen molar-refractivity contribution < 1.29 is 4.74 Å². The third kappa shape index (κ3) is 1.09. The van der Waals surface area contributed by atoms with E-state index in [0.29, 0.717) is 0 Å². The van der Waals surface area contributed by atoms with Crippen molar-refractivity contribution in [2.45, 2.75) is 0 Å². The molecule has 8 heavy (non-hydrogen) atoms. The quantitative estimate of drug-likeness (QED) is 0.482. The molecule has 0 spiro atoms. The van der Waals surface area contributed by atoms with Crippen LogP contribution in [0.5, 0.6) is 0 Å². The Morgan fingerprint density at radius 3 is 3.12 bits per heavy atom. The lowest BCUT2D eigenvalue weighted by Gasteiger charge is -1.87. The highest BCUT2D eigenvalue weighted by molar-refractivity contribution is 5.32. The third-order valence-electron chi connectivity index (χ3n) is 0.810. The molecule has 1 rings (SSSR count). The van der Waals surface area contributed by atoms with E-state index in [1.807, 2.05) is 18.2 Å². The molecule has 40 valence electrons. The Morgan fingerprint density at radius 1 is 1.75 bits per heavy atom. The Morgan fingerprint density at radius 2 is 2.62 bits per heavy atom. The fraction of sp³-hybridized carbons (Fsp3) is 0.143. The first-order valence-electron chi connectivity index (χ1n) is 2.36. The molecule has 0 unspecified atom stereocenters. The van der Waals surface area contributed by atoms with Crippen LogP contribution in [-0.4, -0.2) is 7.11 Å². The molecular weight excluding hydrogens is 100 g/mol. The van der Waals surface area contributed by atoms with E-state index in [2.05, 4.69) is 17.1 Å². The van der Waals surface area contributed by atoms with E-state index in [1.54, 1.807) is 7.11 Å². The van der Waals surface area contributed by atoms with Crippen LogP contribution in [0.3, 0.4) is 0 Å². The SMILES string of the molecule is CO[C]C1=C=CC=C1. The van der Waals surface area contributed by atoms with Gasteiger partial charge in [0.15, 0.2) is 6.61 Å². The second kappa shape index (κ2) is 2.51. The van der Waals surface area contributed by atoms with E-state index in [9.17, 15) is 0 Å². The van der Waals surface area contributed by atoms with Gasteiger partial charge < -0.3 is 4.74 Å². The van der Waals surface area contributed by atoms with Crippen molar-refractivity contribution in [3.8, 4) is 0 Å². The standard InChI is InChI=1S/C7H6O/c1-8-6-7-4-2-3-5-7/h2-4H,1H3. The molecule has 2 radical (unpaired) electrons. The van der Waals surface area contributed by atoms with Crippen LogP contribution in [0.2, 0.25) is 0 Å². The normalized spacial score (nSPS) is 14.9. The van der Waals surface area contributed by atoms with Gasteiger partial charge in [0.1, 0.15) is 0 Å². The summed E-state index contributed by atoms with van der Waals surface area (Å²) in [6, 6.07) is 0. The molecule has 0 fully saturated rings. The van der Waals surface area contributed by atoms with Gasteiger partial charge in [0, 0.05) is 12.7 Å². The summed E-state index contributed by atoms with van der Waals surface area (Å²) in [6.07, 6.45) is 5.59. The molecule has 0 saturated heterocycles. The summed E-state index contributed by atoms with van der Waals surface area (Å²) in [5.74, 6) is 0. The molecule has 0 amide bonds. The maximum Gasteiger partial charge on any atom is 0.174 e. The number of hydrogen-bond donors (Lipinski definition) is 0. The van der Waals surface area contributed by atoms with Gasteiger partial charge in [0.05, 0.1) is 0 Å². The predicted octanol–water partition coefficient (Wildman–Crippen LogP) is 1.32. The van der Waals surface area contributed by atoms with Gasteiger partial charge in [-0.3, -0.25) is 0 Å². The summed E-state index contributed by atoms with van der Waals surface area (Å²) in [5.41, 5.74) is 3.77. The van der Waals surface area contributed by atoms with E-state index >= 15 is 0 Å². The first-order valence-corrected chi connectivity index (χ1v) is 2.36. The molecule has 0 aromatic carbocycles. The van der Waals surface area contributed by atoms with Crippen LogP contribution < -0.4 is 0 Å². The Balaban J connectivity index is 2.48. The second-order valence-corrected chi connectivity index (χ2v) is 1.39. The van der Waals surface area contributed by atoms with E-state index in [1.165, 1.54) is 0 Å². The molecule has 1 nitrogen and oxygen atoms in total. The molecule has 1 heteroatoms.